The molecule has 0 unspecified atom stereocenters. The summed E-state index contributed by atoms with van der Waals surface area (Å²) in [6.45, 7) is 9.35. The number of nitrogens with two attached hydrogens (primary N) is 1. The molecule has 3 N–H and O–H groups in total. The summed E-state index contributed by atoms with van der Waals surface area (Å²) in [6.07, 6.45) is 4.71. The van der Waals surface area contributed by atoms with Gasteiger partial charge in [-0.2, -0.15) is 5.10 Å². The van der Waals surface area contributed by atoms with Gasteiger partial charge >= 0.3 is 0 Å². The number of H-pyrrole nitrogens is 1. The van der Waals surface area contributed by atoms with Crippen molar-refractivity contribution < 1.29 is 0 Å². The Balaban J connectivity index is 1.76. The average Bonchev–Trinajstić information content (AvgIpc) is 2.87. The average molecular weight is 286 g/mol. The van der Waals surface area contributed by atoms with Crippen LogP contribution < -0.4 is 5.73 Å². The van der Waals surface area contributed by atoms with Crippen molar-refractivity contribution in [2.75, 3.05) is 12.3 Å². The van der Waals surface area contributed by atoms with E-state index in [1.807, 2.05) is 12.4 Å². The van der Waals surface area contributed by atoms with E-state index >= 15 is 0 Å². The lowest BCUT2D eigenvalue weighted by Gasteiger charge is -2.28. The molecular weight excluding hydrogens is 264 g/mol. The standard InChI is InChI=1S/C15H22N6/c1-15(2,3)13-11(7-18-20-13)9-21-5-4-12-10(8-21)6-17-14(16)19-12/h6-7H,4-5,8-9H2,1-3H3,(H,18,20)(H2,16,17,19). The van der Waals surface area contributed by atoms with Gasteiger partial charge in [-0.1, -0.05) is 20.8 Å². The minimum atomic E-state index is 0.0804. The van der Waals surface area contributed by atoms with Crippen LogP contribution in [0, 0.1) is 0 Å². The van der Waals surface area contributed by atoms with Crippen molar-refractivity contribution in [3.05, 3.63) is 34.9 Å². The van der Waals surface area contributed by atoms with Gasteiger partial charge in [0.1, 0.15) is 0 Å². The summed E-state index contributed by atoms with van der Waals surface area (Å²) in [7, 11) is 0. The van der Waals surface area contributed by atoms with Crippen LogP contribution in [0.15, 0.2) is 12.4 Å². The lowest BCUT2D eigenvalue weighted by molar-refractivity contribution is 0.241. The molecule has 1 aliphatic rings. The summed E-state index contributed by atoms with van der Waals surface area (Å²) >= 11 is 0. The number of nitrogens with zero attached hydrogens (tertiary/aromatic N) is 4. The quantitative estimate of drug-likeness (QED) is 0.876. The molecule has 0 saturated carbocycles. The van der Waals surface area contributed by atoms with Crippen molar-refractivity contribution in [1.82, 2.24) is 25.1 Å². The Kier molecular flexibility index (Phi) is 3.41. The molecule has 1 aliphatic heterocycles. The van der Waals surface area contributed by atoms with Gasteiger partial charge in [0.05, 0.1) is 11.9 Å². The molecule has 0 bridgehead atoms. The van der Waals surface area contributed by atoms with E-state index in [1.54, 1.807) is 0 Å². The molecule has 3 heterocycles. The van der Waals surface area contributed by atoms with Crippen molar-refractivity contribution in [2.24, 2.45) is 0 Å². The van der Waals surface area contributed by atoms with Gasteiger partial charge in [-0.15, -0.1) is 0 Å². The Morgan fingerprint density at radius 1 is 1.33 bits per heavy atom. The Morgan fingerprint density at radius 3 is 2.90 bits per heavy atom. The van der Waals surface area contributed by atoms with Gasteiger partial charge in [-0.3, -0.25) is 10.00 Å². The highest BCUT2D eigenvalue weighted by atomic mass is 15.2. The first-order valence-corrected chi connectivity index (χ1v) is 7.29. The molecule has 0 radical (unpaired) electrons. The molecule has 0 aromatic carbocycles. The number of anilines is 1. The second-order valence-electron chi connectivity index (χ2n) is 6.68. The number of nitrogens with one attached hydrogen (secondary N) is 1. The molecule has 6 heteroatoms. The van der Waals surface area contributed by atoms with Crippen molar-refractivity contribution in [3.63, 3.8) is 0 Å². The second kappa shape index (κ2) is 5.11. The van der Waals surface area contributed by atoms with Crippen molar-refractivity contribution in [1.29, 1.82) is 0 Å². The molecule has 0 fully saturated rings. The highest BCUT2D eigenvalue weighted by Crippen LogP contribution is 2.26. The summed E-state index contributed by atoms with van der Waals surface area (Å²) in [6, 6.07) is 0. The fraction of sp³-hybridized carbons (Fsp3) is 0.533. The van der Waals surface area contributed by atoms with Crippen molar-refractivity contribution in [3.8, 4) is 0 Å². The molecule has 6 nitrogen and oxygen atoms in total. The minimum absolute atomic E-state index is 0.0804. The van der Waals surface area contributed by atoms with Crippen LogP contribution in [0.3, 0.4) is 0 Å². The van der Waals surface area contributed by atoms with E-state index in [0.717, 1.165) is 31.7 Å². The number of aromatic nitrogens is 4. The highest BCUT2D eigenvalue weighted by Gasteiger charge is 2.23. The van der Waals surface area contributed by atoms with Crippen LogP contribution in [-0.2, 0) is 24.9 Å². The molecule has 0 aliphatic carbocycles. The van der Waals surface area contributed by atoms with Crippen LogP contribution in [0.5, 0.6) is 0 Å². The third kappa shape index (κ3) is 2.90. The highest BCUT2D eigenvalue weighted by molar-refractivity contribution is 5.28. The molecular formula is C15H22N6. The lowest BCUT2D eigenvalue weighted by Crippen LogP contribution is -2.31. The zero-order valence-corrected chi connectivity index (χ0v) is 12.8. The van der Waals surface area contributed by atoms with Gasteiger partial charge in [-0.25, -0.2) is 9.97 Å². The van der Waals surface area contributed by atoms with Crippen LogP contribution in [0.4, 0.5) is 5.95 Å². The van der Waals surface area contributed by atoms with Gasteiger partial charge in [0.2, 0.25) is 5.95 Å². The molecule has 112 valence electrons. The van der Waals surface area contributed by atoms with Crippen LogP contribution in [0.25, 0.3) is 0 Å². The predicted octanol–water partition coefficient (Wildman–Crippen LogP) is 1.64. The second-order valence-corrected chi connectivity index (χ2v) is 6.68. The largest absolute Gasteiger partial charge is 0.368 e. The summed E-state index contributed by atoms with van der Waals surface area (Å²) in [5, 5.41) is 7.36. The maximum atomic E-state index is 5.65. The van der Waals surface area contributed by atoms with E-state index < -0.39 is 0 Å². The summed E-state index contributed by atoms with van der Waals surface area (Å²) in [5.41, 5.74) is 10.5. The summed E-state index contributed by atoms with van der Waals surface area (Å²) in [4.78, 5) is 10.8. The number of hydrogen-bond acceptors (Lipinski definition) is 5. The molecule has 0 saturated heterocycles. The first-order chi connectivity index (χ1) is 9.93. The molecule has 2 aromatic heterocycles. The number of rotatable bonds is 2. The van der Waals surface area contributed by atoms with E-state index in [4.69, 9.17) is 5.73 Å². The van der Waals surface area contributed by atoms with Gasteiger partial charge < -0.3 is 5.73 Å². The van der Waals surface area contributed by atoms with Crippen LogP contribution in [0.1, 0.15) is 43.3 Å². The van der Waals surface area contributed by atoms with E-state index in [1.165, 1.54) is 16.8 Å². The molecule has 2 aromatic rings. The van der Waals surface area contributed by atoms with Crippen molar-refractivity contribution in [2.45, 2.75) is 45.7 Å². The molecule has 0 spiro atoms. The third-order valence-corrected chi connectivity index (χ3v) is 3.89. The van der Waals surface area contributed by atoms with E-state index in [-0.39, 0.29) is 5.41 Å². The fourth-order valence-corrected chi connectivity index (χ4v) is 2.85. The Hall–Kier alpha value is -1.95. The molecule has 0 atom stereocenters. The number of nitrogen functional groups attached to an aromatic ring is 1. The molecule has 21 heavy (non-hydrogen) atoms. The van der Waals surface area contributed by atoms with Crippen molar-refractivity contribution >= 4 is 5.95 Å². The maximum absolute atomic E-state index is 5.65. The normalized spacial score (nSPS) is 16.0. The first kappa shape index (κ1) is 14.0. The number of hydrogen-bond donors (Lipinski definition) is 2. The third-order valence-electron chi connectivity index (χ3n) is 3.89. The Labute approximate surface area is 124 Å². The van der Waals surface area contributed by atoms with Gasteiger partial charge in [0.25, 0.3) is 0 Å². The van der Waals surface area contributed by atoms with Crippen LogP contribution >= 0.6 is 0 Å². The number of aromatic amines is 1. The lowest BCUT2D eigenvalue weighted by atomic mass is 9.89. The van der Waals surface area contributed by atoms with E-state index in [0.29, 0.717) is 5.95 Å². The molecule has 3 rings (SSSR count). The van der Waals surface area contributed by atoms with Gasteiger partial charge in [-0.05, 0) is 0 Å². The zero-order valence-electron chi connectivity index (χ0n) is 12.8. The van der Waals surface area contributed by atoms with Gasteiger partial charge in [0, 0.05) is 54.5 Å². The summed E-state index contributed by atoms with van der Waals surface area (Å²) < 4.78 is 0. The fourth-order valence-electron chi connectivity index (χ4n) is 2.85. The van der Waals surface area contributed by atoms with Crippen LogP contribution in [0.2, 0.25) is 0 Å². The van der Waals surface area contributed by atoms with E-state index in [2.05, 4.69) is 45.8 Å². The molecule has 0 amide bonds. The van der Waals surface area contributed by atoms with Gasteiger partial charge in [0.15, 0.2) is 0 Å². The topological polar surface area (TPSA) is 83.7 Å². The van der Waals surface area contributed by atoms with Crippen LogP contribution in [-0.4, -0.2) is 31.6 Å². The zero-order chi connectivity index (χ0) is 15.0. The first-order valence-electron chi connectivity index (χ1n) is 7.29. The minimum Gasteiger partial charge on any atom is -0.368 e. The maximum Gasteiger partial charge on any atom is 0.220 e. The smallest absolute Gasteiger partial charge is 0.220 e. The number of fused-ring (bicyclic) bond motifs is 1. The SMILES string of the molecule is CC(C)(C)c1[nH]ncc1CN1CCc2nc(N)ncc2C1. The Morgan fingerprint density at radius 2 is 2.14 bits per heavy atom. The Bertz CT molecular complexity index is 640. The summed E-state index contributed by atoms with van der Waals surface area (Å²) in [5.74, 6) is 0.368. The monoisotopic (exact) mass is 286 g/mol. The predicted molar refractivity (Wildman–Crippen MR) is 81.6 cm³/mol. The van der Waals surface area contributed by atoms with E-state index in [9.17, 15) is 0 Å².